The third-order valence-corrected chi connectivity index (χ3v) is 7.54. The maximum atomic E-state index is 11.4. The second-order valence-electron chi connectivity index (χ2n) is 11.9. The van der Waals surface area contributed by atoms with Crippen molar-refractivity contribution in [1.29, 1.82) is 0 Å². The maximum absolute atomic E-state index is 11.4. The fourth-order valence-electron chi connectivity index (χ4n) is 4.10. The number of nitrogens with zero attached hydrogens (tertiary/aromatic N) is 5. The largest absolute Gasteiger partial charge is 0.489 e. The van der Waals surface area contributed by atoms with Crippen molar-refractivity contribution in [2.24, 2.45) is 0 Å². The SMILES string of the molecule is CNc1ccc(OC2CC2)cn1.CNc1ccc(OC2CC2)nc1.CNc1ccc(OC2CC2)nn1.CNc1ccn(C2CC2)c(=O)c1. The molecule has 256 valence electrons. The Morgan fingerprint density at radius 2 is 1.23 bits per heavy atom. The molecule has 0 unspecified atom stereocenters. The normalized spacial score (nSPS) is 15.8. The summed E-state index contributed by atoms with van der Waals surface area (Å²) < 4.78 is 18.3. The molecule has 48 heavy (non-hydrogen) atoms. The third kappa shape index (κ3) is 11.9. The molecule has 4 aromatic rings. The van der Waals surface area contributed by atoms with Crippen LogP contribution < -0.4 is 41.0 Å². The molecule has 4 fully saturated rings. The Bertz CT molecular complexity index is 1450. The van der Waals surface area contributed by atoms with Gasteiger partial charge in [-0.2, -0.15) is 0 Å². The van der Waals surface area contributed by atoms with Crippen molar-refractivity contribution in [3.8, 4) is 17.5 Å². The molecule has 8 rings (SSSR count). The average molecular weight is 658 g/mol. The fraction of sp³-hybridized carbons (Fsp3) is 0.457. The number of hydrogen-bond acceptors (Lipinski definition) is 12. The number of nitrogens with one attached hydrogen (secondary N) is 4. The smallest absolute Gasteiger partial charge is 0.252 e. The highest BCUT2D eigenvalue weighted by molar-refractivity contribution is 5.41. The molecule has 4 aliphatic carbocycles. The van der Waals surface area contributed by atoms with Crippen LogP contribution in [-0.2, 0) is 0 Å². The lowest BCUT2D eigenvalue weighted by Gasteiger charge is -2.03. The van der Waals surface area contributed by atoms with Crippen molar-refractivity contribution in [2.45, 2.75) is 75.7 Å². The van der Waals surface area contributed by atoms with Gasteiger partial charge in [-0.25, -0.2) is 9.97 Å². The molecule has 0 atom stereocenters. The highest BCUT2D eigenvalue weighted by Gasteiger charge is 2.25. The highest BCUT2D eigenvalue weighted by Crippen LogP contribution is 2.33. The van der Waals surface area contributed by atoms with Gasteiger partial charge in [0.05, 0.1) is 24.2 Å². The molecule has 4 aromatic heterocycles. The van der Waals surface area contributed by atoms with E-state index in [9.17, 15) is 4.79 Å². The highest BCUT2D eigenvalue weighted by atomic mass is 16.5. The number of pyridine rings is 3. The van der Waals surface area contributed by atoms with Gasteiger partial charge in [-0.3, -0.25) is 4.79 Å². The quantitative estimate of drug-likeness (QED) is 0.159. The minimum Gasteiger partial charge on any atom is -0.489 e. The molecule has 4 N–H and O–H groups in total. The van der Waals surface area contributed by atoms with E-state index in [0.29, 0.717) is 30.2 Å². The van der Waals surface area contributed by atoms with Gasteiger partial charge in [0.1, 0.15) is 29.6 Å². The fourth-order valence-corrected chi connectivity index (χ4v) is 4.10. The number of hydrogen-bond donors (Lipinski definition) is 4. The monoisotopic (exact) mass is 657 g/mol. The molecule has 13 nitrogen and oxygen atoms in total. The first-order chi connectivity index (χ1) is 23.5. The van der Waals surface area contributed by atoms with Crippen molar-refractivity contribution >= 4 is 23.0 Å². The first-order valence-electron chi connectivity index (χ1n) is 16.6. The van der Waals surface area contributed by atoms with E-state index in [1.165, 1.54) is 25.7 Å². The first kappa shape index (κ1) is 34.3. The van der Waals surface area contributed by atoms with Crippen LogP contribution in [0.4, 0.5) is 23.0 Å². The second-order valence-corrected chi connectivity index (χ2v) is 11.9. The predicted molar refractivity (Wildman–Crippen MR) is 189 cm³/mol. The van der Waals surface area contributed by atoms with E-state index in [1.54, 1.807) is 23.0 Å². The summed E-state index contributed by atoms with van der Waals surface area (Å²) in [5.74, 6) is 3.86. The molecule has 4 aliphatic rings. The van der Waals surface area contributed by atoms with Crippen LogP contribution in [0.3, 0.4) is 0 Å². The predicted octanol–water partition coefficient (Wildman–Crippen LogP) is 5.61. The van der Waals surface area contributed by atoms with Crippen LogP contribution in [0.5, 0.6) is 17.5 Å². The standard InChI is InChI=1S/3C9H12N2O.C8H11N3O/c1-10-7-2-5-9(11-6-7)12-8-3-4-8;1-10-7-4-5-11(8-2-3-8)9(12)6-7;1-10-9-5-4-8(6-11-9)12-7-2-3-7;1-9-7-4-5-8(11-10-7)12-6-2-3-6/h2,5-6,8,10H,3-4H2,1H3;4-6,8,10H,2-3H2,1H3;4-7H,2-3H2,1H3,(H,10,11);4-6H,2-3H2,1H3,(H,9,10). The summed E-state index contributed by atoms with van der Waals surface area (Å²) in [6, 6.07) is 15.4. The summed E-state index contributed by atoms with van der Waals surface area (Å²) in [6.45, 7) is 0. The van der Waals surface area contributed by atoms with Crippen molar-refractivity contribution in [2.75, 3.05) is 49.5 Å². The van der Waals surface area contributed by atoms with Crippen LogP contribution in [0, 0.1) is 0 Å². The Hall–Kier alpha value is -5.07. The number of aromatic nitrogens is 5. The number of rotatable bonds is 11. The Kier molecular flexibility index (Phi) is 12.3. The van der Waals surface area contributed by atoms with Crippen LogP contribution in [0.2, 0.25) is 0 Å². The average Bonchev–Trinajstić information content (AvgIpc) is 3.93. The zero-order chi connectivity index (χ0) is 33.7. The molecule has 13 heteroatoms. The molecular formula is C35H47N9O4. The van der Waals surface area contributed by atoms with Gasteiger partial charge in [0.25, 0.3) is 5.56 Å². The van der Waals surface area contributed by atoms with Gasteiger partial charge in [-0.15, -0.1) is 10.2 Å². The van der Waals surface area contributed by atoms with E-state index in [0.717, 1.165) is 60.3 Å². The van der Waals surface area contributed by atoms with Crippen molar-refractivity contribution in [3.05, 3.63) is 77.5 Å². The van der Waals surface area contributed by atoms with Crippen LogP contribution in [0.1, 0.15) is 57.4 Å². The van der Waals surface area contributed by atoms with Gasteiger partial charge in [0.2, 0.25) is 11.8 Å². The minimum atomic E-state index is 0.101. The van der Waals surface area contributed by atoms with Crippen molar-refractivity contribution in [3.63, 3.8) is 0 Å². The van der Waals surface area contributed by atoms with Crippen molar-refractivity contribution in [1.82, 2.24) is 24.7 Å². The topological polar surface area (TPSA) is 149 Å². The summed E-state index contributed by atoms with van der Waals surface area (Å²) in [5.41, 5.74) is 2.00. The third-order valence-electron chi connectivity index (χ3n) is 7.54. The molecule has 0 radical (unpaired) electrons. The van der Waals surface area contributed by atoms with Crippen molar-refractivity contribution < 1.29 is 14.2 Å². The molecular weight excluding hydrogens is 610 g/mol. The van der Waals surface area contributed by atoms with E-state index in [4.69, 9.17) is 14.2 Å². The van der Waals surface area contributed by atoms with E-state index in [1.807, 2.05) is 76.9 Å². The van der Waals surface area contributed by atoms with Gasteiger partial charge >= 0.3 is 0 Å². The van der Waals surface area contributed by atoms with Gasteiger partial charge in [0.15, 0.2) is 0 Å². The Morgan fingerprint density at radius 1 is 0.604 bits per heavy atom. The Morgan fingerprint density at radius 3 is 1.71 bits per heavy atom. The molecule has 0 saturated heterocycles. The zero-order valence-electron chi connectivity index (χ0n) is 28.2. The summed E-state index contributed by atoms with van der Waals surface area (Å²) >= 11 is 0. The van der Waals surface area contributed by atoms with E-state index >= 15 is 0 Å². The molecule has 0 amide bonds. The Balaban J connectivity index is 0.000000125. The van der Waals surface area contributed by atoms with Crippen LogP contribution in [0.25, 0.3) is 0 Å². The summed E-state index contributed by atoms with van der Waals surface area (Å²) in [7, 11) is 7.35. The Labute approximate surface area is 281 Å². The van der Waals surface area contributed by atoms with E-state index in [2.05, 4.69) is 41.4 Å². The molecule has 4 heterocycles. The lowest BCUT2D eigenvalue weighted by atomic mass is 10.4. The first-order valence-corrected chi connectivity index (χ1v) is 16.6. The van der Waals surface area contributed by atoms with E-state index < -0.39 is 0 Å². The number of anilines is 4. The van der Waals surface area contributed by atoms with Gasteiger partial charge in [-0.05, 0) is 81.7 Å². The van der Waals surface area contributed by atoms with Gasteiger partial charge in [0, 0.05) is 64.3 Å². The summed E-state index contributed by atoms with van der Waals surface area (Å²) in [5, 5.41) is 19.6. The lowest BCUT2D eigenvalue weighted by molar-refractivity contribution is 0.287. The molecule has 0 spiro atoms. The van der Waals surface area contributed by atoms with Gasteiger partial charge in [-0.1, -0.05) is 0 Å². The molecule has 0 bridgehead atoms. The summed E-state index contributed by atoms with van der Waals surface area (Å²) in [4.78, 5) is 19.7. The second kappa shape index (κ2) is 17.2. The van der Waals surface area contributed by atoms with Crippen LogP contribution in [-0.4, -0.2) is 71.2 Å². The number of ether oxygens (including phenoxy) is 3. The zero-order valence-corrected chi connectivity index (χ0v) is 28.2. The van der Waals surface area contributed by atoms with Crippen LogP contribution >= 0.6 is 0 Å². The lowest BCUT2D eigenvalue weighted by Crippen LogP contribution is -2.17. The molecule has 0 aromatic carbocycles. The summed E-state index contributed by atoms with van der Waals surface area (Å²) in [6.07, 6.45) is 16.0. The van der Waals surface area contributed by atoms with E-state index in [-0.39, 0.29) is 5.56 Å². The molecule has 0 aliphatic heterocycles. The molecule has 4 saturated carbocycles. The van der Waals surface area contributed by atoms with Gasteiger partial charge < -0.3 is 40.0 Å². The van der Waals surface area contributed by atoms with Crippen LogP contribution in [0.15, 0.2) is 71.9 Å². The maximum Gasteiger partial charge on any atom is 0.252 e. The minimum absolute atomic E-state index is 0.101.